The number of carbonyl (C=O) groups excluding carboxylic acids is 1. The largest absolute Gasteiger partial charge is 0.347 e. The summed E-state index contributed by atoms with van der Waals surface area (Å²) in [7, 11) is 0. The maximum absolute atomic E-state index is 12.1. The molecule has 6 nitrogen and oxygen atoms in total. The summed E-state index contributed by atoms with van der Waals surface area (Å²) in [5.74, 6) is 1.13. The Morgan fingerprint density at radius 2 is 2.21 bits per heavy atom. The number of carbonyl (C=O) groups is 1. The van der Waals surface area contributed by atoms with E-state index in [9.17, 15) is 4.79 Å². The number of hydrogen-bond donors (Lipinski definition) is 1. The van der Waals surface area contributed by atoms with E-state index in [2.05, 4.69) is 20.4 Å². The summed E-state index contributed by atoms with van der Waals surface area (Å²) in [6, 6.07) is 7.13. The van der Waals surface area contributed by atoms with Gasteiger partial charge in [-0.2, -0.15) is 4.98 Å². The second-order valence-corrected chi connectivity index (χ2v) is 6.93. The maximum Gasteiger partial charge on any atom is 0.268 e. The lowest BCUT2D eigenvalue weighted by Gasteiger charge is -2.04. The predicted octanol–water partition coefficient (Wildman–Crippen LogP) is 3.90. The molecule has 0 bridgehead atoms. The van der Waals surface area contributed by atoms with Gasteiger partial charge in [0, 0.05) is 17.0 Å². The molecule has 3 rings (SSSR count). The summed E-state index contributed by atoms with van der Waals surface area (Å²) in [4.78, 5) is 22.2. The van der Waals surface area contributed by atoms with Crippen LogP contribution in [-0.4, -0.2) is 21.0 Å². The molecule has 0 saturated heterocycles. The SMILES string of the molecule is CC(C)c1noc(-c2ccc(CNC(=O)c3cccnc3Cl)s2)n1. The zero-order valence-corrected chi connectivity index (χ0v) is 14.7. The van der Waals surface area contributed by atoms with E-state index in [0.29, 0.717) is 23.8 Å². The molecule has 0 aliphatic heterocycles. The van der Waals surface area contributed by atoms with Crippen LogP contribution in [0.2, 0.25) is 5.15 Å². The number of halogens is 1. The zero-order chi connectivity index (χ0) is 17.1. The number of hydrogen-bond acceptors (Lipinski definition) is 6. The molecule has 0 radical (unpaired) electrons. The van der Waals surface area contributed by atoms with Gasteiger partial charge in [-0.1, -0.05) is 30.6 Å². The first-order chi connectivity index (χ1) is 11.5. The molecule has 0 unspecified atom stereocenters. The van der Waals surface area contributed by atoms with Crippen molar-refractivity contribution in [3.63, 3.8) is 0 Å². The number of rotatable bonds is 5. The van der Waals surface area contributed by atoms with Crippen LogP contribution in [0.4, 0.5) is 0 Å². The van der Waals surface area contributed by atoms with Crippen molar-refractivity contribution in [2.24, 2.45) is 0 Å². The van der Waals surface area contributed by atoms with Gasteiger partial charge in [0.2, 0.25) is 0 Å². The van der Waals surface area contributed by atoms with Crippen molar-refractivity contribution in [1.29, 1.82) is 0 Å². The van der Waals surface area contributed by atoms with E-state index >= 15 is 0 Å². The molecule has 0 aromatic carbocycles. The molecule has 0 spiro atoms. The van der Waals surface area contributed by atoms with Crippen LogP contribution in [0.1, 0.15) is 40.8 Å². The normalized spacial score (nSPS) is 11.0. The third kappa shape index (κ3) is 3.63. The smallest absolute Gasteiger partial charge is 0.268 e. The predicted molar refractivity (Wildman–Crippen MR) is 92.1 cm³/mol. The molecule has 3 aromatic rings. The van der Waals surface area contributed by atoms with Crippen molar-refractivity contribution in [2.75, 3.05) is 0 Å². The number of thiophene rings is 1. The van der Waals surface area contributed by atoms with Crippen LogP contribution < -0.4 is 5.32 Å². The Hall–Kier alpha value is -2.25. The molecule has 124 valence electrons. The van der Waals surface area contributed by atoms with Gasteiger partial charge in [0.25, 0.3) is 11.8 Å². The van der Waals surface area contributed by atoms with Gasteiger partial charge < -0.3 is 9.84 Å². The van der Waals surface area contributed by atoms with E-state index in [1.807, 2.05) is 26.0 Å². The van der Waals surface area contributed by atoms with Crippen molar-refractivity contribution < 1.29 is 9.32 Å². The zero-order valence-electron chi connectivity index (χ0n) is 13.1. The van der Waals surface area contributed by atoms with Gasteiger partial charge in [0.1, 0.15) is 5.15 Å². The summed E-state index contributed by atoms with van der Waals surface area (Å²) in [6.45, 7) is 4.40. The highest BCUT2D eigenvalue weighted by molar-refractivity contribution is 7.15. The summed E-state index contributed by atoms with van der Waals surface area (Å²) in [5.41, 5.74) is 0.356. The fourth-order valence-corrected chi connectivity index (χ4v) is 3.05. The third-order valence-corrected chi connectivity index (χ3v) is 4.63. The van der Waals surface area contributed by atoms with Crippen molar-refractivity contribution in [2.45, 2.75) is 26.3 Å². The van der Waals surface area contributed by atoms with Crippen LogP contribution in [-0.2, 0) is 6.54 Å². The second kappa shape index (κ2) is 7.11. The van der Waals surface area contributed by atoms with Crippen LogP contribution in [0.25, 0.3) is 10.8 Å². The van der Waals surface area contributed by atoms with Crippen LogP contribution in [0.15, 0.2) is 35.0 Å². The first-order valence-corrected chi connectivity index (χ1v) is 8.55. The number of amides is 1. The summed E-state index contributed by atoms with van der Waals surface area (Å²) >= 11 is 7.41. The molecule has 1 N–H and O–H groups in total. The Morgan fingerprint density at radius 1 is 1.38 bits per heavy atom. The first-order valence-electron chi connectivity index (χ1n) is 7.36. The summed E-state index contributed by atoms with van der Waals surface area (Å²) in [5, 5.41) is 6.97. The van der Waals surface area contributed by atoms with Gasteiger partial charge >= 0.3 is 0 Å². The van der Waals surface area contributed by atoms with E-state index in [1.54, 1.807) is 18.3 Å². The number of aromatic nitrogens is 3. The number of nitrogens with one attached hydrogen (secondary N) is 1. The highest BCUT2D eigenvalue weighted by Crippen LogP contribution is 2.27. The lowest BCUT2D eigenvalue weighted by molar-refractivity contribution is 0.0951. The van der Waals surface area contributed by atoms with Crippen molar-refractivity contribution >= 4 is 28.8 Å². The van der Waals surface area contributed by atoms with E-state index in [4.69, 9.17) is 16.1 Å². The van der Waals surface area contributed by atoms with E-state index in [-0.39, 0.29) is 17.0 Å². The summed E-state index contributed by atoms with van der Waals surface area (Å²) in [6.07, 6.45) is 1.54. The fraction of sp³-hybridized carbons (Fsp3) is 0.250. The minimum absolute atomic E-state index is 0.189. The van der Waals surface area contributed by atoms with Gasteiger partial charge in [-0.15, -0.1) is 11.3 Å². The number of pyridine rings is 1. The Bertz CT molecular complexity index is 859. The lowest BCUT2D eigenvalue weighted by atomic mass is 10.2. The van der Waals surface area contributed by atoms with Crippen molar-refractivity contribution in [1.82, 2.24) is 20.4 Å². The van der Waals surface area contributed by atoms with Gasteiger partial charge in [0.05, 0.1) is 17.0 Å². The first kappa shape index (κ1) is 16.6. The Labute approximate surface area is 147 Å². The molecular formula is C16H15ClN4O2S. The van der Waals surface area contributed by atoms with Gasteiger partial charge in [-0.25, -0.2) is 4.98 Å². The Kier molecular flexibility index (Phi) is 4.92. The molecule has 0 aliphatic carbocycles. The van der Waals surface area contributed by atoms with Crippen molar-refractivity contribution in [3.05, 3.63) is 51.9 Å². The molecule has 3 aromatic heterocycles. The quantitative estimate of drug-likeness (QED) is 0.696. The minimum Gasteiger partial charge on any atom is -0.347 e. The van der Waals surface area contributed by atoms with Gasteiger partial charge in [-0.05, 0) is 24.3 Å². The summed E-state index contributed by atoms with van der Waals surface area (Å²) < 4.78 is 5.27. The molecule has 0 atom stereocenters. The molecular weight excluding hydrogens is 348 g/mol. The lowest BCUT2D eigenvalue weighted by Crippen LogP contribution is -2.22. The Morgan fingerprint density at radius 3 is 2.92 bits per heavy atom. The number of nitrogens with zero attached hydrogens (tertiary/aromatic N) is 3. The molecule has 24 heavy (non-hydrogen) atoms. The fourth-order valence-electron chi connectivity index (χ4n) is 1.98. The molecule has 0 aliphatic rings. The topological polar surface area (TPSA) is 80.9 Å². The van der Waals surface area contributed by atoms with Gasteiger partial charge in [-0.3, -0.25) is 4.79 Å². The van der Waals surface area contributed by atoms with Crippen molar-refractivity contribution in [3.8, 4) is 10.8 Å². The highest BCUT2D eigenvalue weighted by Gasteiger charge is 2.14. The van der Waals surface area contributed by atoms with E-state index in [0.717, 1.165) is 9.75 Å². The van der Waals surface area contributed by atoms with Crippen LogP contribution >= 0.6 is 22.9 Å². The van der Waals surface area contributed by atoms with Crippen LogP contribution in [0.3, 0.4) is 0 Å². The average Bonchev–Trinajstić information content (AvgIpc) is 3.22. The monoisotopic (exact) mass is 362 g/mol. The third-order valence-electron chi connectivity index (χ3n) is 3.26. The molecule has 8 heteroatoms. The van der Waals surface area contributed by atoms with E-state index in [1.165, 1.54) is 11.3 Å². The maximum atomic E-state index is 12.1. The van der Waals surface area contributed by atoms with E-state index < -0.39 is 0 Å². The molecule has 0 saturated carbocycles. The standard InChI is InChI=1S/C16H15ClN4O2S/c1-9(2)14-20-16(23-21-14)12-6-5-10(24-12)8-19-15(22)11-4-3-7-18-13(11)17/h3-7,9H,8H2,1-2H3,(H,19,22). The second-order valence-electron chi connectivity index (χ2n) is 5.40. The molecule has 1 amide bonds. The van der Waals surface area contributed by atoms with Crippen LogP contribution in [0.5, 0.6) is 0 Å². The minimum atomic E-state index is -0.261. The molecule has 0 fully saturated rings. The molecule has 3 heterocycles. The van der Waals surface area contributed by atoms with Crippen LogP contribution in [0, 0.1) is 0 Å². The Balaban J connectivity index is 1.66. The highest BCUT2D eigenvalue weighted by atomic mass is 35.5. The average molecular weight is 363 g/mol. The van der Waals surface area contributed by atoms with Gasteiger partial charge in [0.15, 0.2) is 5.82 Å².